The van der Waals surface area contributed by atoms with E-state index in [0.29, 0.717) is 11.6 Å². The fourth-order valence-electron chi connectivity index (χ4n) is 2.68. The van der Waals surface area contributed by atoms with Gasteiger partial charge in [0.1, 0.15) is 0 Å². The molecule has 2 heterocycles. The fourth-order valence-corrected chi connectivity index (χ4v) is 3.70. The third-order valence-corrected chi connectivity index (χ3v) is 5.13. The van der Waals surface area contributed by atoms with Gasteiger partial charge in [0.25, 0.3) is 0 Å². The predicted octanol–water partition coefficient (Wildman–Crippen LogP) is 5.25. The third kappa shape index (κ3) is 4.44. The molecule has 0 aliphatic heterocycles. The van der Waals surface area contributed by atoms with E-state index in [1.165, 1.54) is 0 Å². The van der Waals surface area contributed by atoms with Crippen molar-refractivity contribution in [3.8, 4) is 11.3 Å². The van der Waals surface area contributed by atoms with Gasteiger partial charge in [-0.25, -0.2) is 4.68 Å². The summed E-state index contributed by atoms with van der Waals surface area (Å²) < 4.78 is 1.84. The summed E-state index contributed by atoms with van der Waals surface area (Å²) in [6.45, 7) is 0.593. The van der Waals surface area contributed by atoms with Gasteiger partial charge in [0.05, 0.1) is 24.1 Å². The van der Waals surface area contributed by atoms with E-state index >= 15 is 0 Å². The smallest absolute Gasteiger partial charge is 0.206 e. The molecule has 0 amide bonds. The minimum Gasteiger partial charge on any atom is -0.255 e. The number of rotatable bonds is 5. The van der Waals surface area contributed by atoms with Gasteiger partial charge in [-0.05, 0) is 29.8 Å². The van der Waals surface area contributed by atoms with Gasteiger partial charge in [0, 0.05) is 22.2 Å². The number of aromatic nitrogens is 2. The molecule has 0 spiro atoms. The minimum absolute atomic E-state index is 0.593. The Kier molecular flexibility index (Phi) is 5.75. The molecule has 4 rings (SSSR count). The molecule has 0 radical (unpaired) electrons. The van der Waals surface area contributed by atoms with Crippen LogP contribution in [0.15, 0.2) is 94.5 Å². The molecule has 6 heteroatoms. The lowest BCUT2D eigenvalue weighted by atomic mass is 10.2. The van der Waals surface area contributed by atoms with Crippen LogP contribution in [0.4, 0.5) is 0 Å². The van der Waals surface area contributed by atoms with E-state index < -0.39 is 0 Å². The molecule has 0 N–H and O–H groups in total. The molecule has 28 heavy (non-hydrogen) atoms. The summed E-state index contributed by atoms with van der Waals surface area (Å²) in [4.78, 5) is 9.89. The predicted molar refractivity (Wildman–Crippen MR) is 116 cm³/mol. The SMILES string of the molecule is Clc1cccc(-c2csc(=NCc3ccccc3)n2N=Cc2ccccn2)c1. The first-order chi connectivity index (χ1) is 13.8. The van der Waals surface area contributed by atoms with Crippen LogP contribution in [0.3, 0.4) is 0 Å². The Morgan fingerprint density at radius 1 is 1.00 bits per heavy atom. The highest BCUT2D eigenvalue weighted by molar-refractivity contribution is 7.07. The maximum absolute atomic E-state index is 6.19. The average molecular weight is 405 g/mol. The van der Waals surface area contributed by atoms with Gasteiger partial charge in [-0.3, -0.25) is 9.98 Å². The zero-order valence-corrected chi connectivity index (χ0v) is 16.5. The Morgan fingerprint density at radius 3 is 2.64 bits per heavy atom. The lowest BCUT2D eigenvalue weighted by molar-refractivity contribution is 0.823. The van der Waals surface area contributed by atoms with E-state index in [1.807, 2.05) is 70.7 Å². The molecule has 0 aliphatic rings. The van der Waals surface area contributed by atoms with Gasteiger partial charge in [-0.2, -0.15) is 5.10 Å². The number of thiazole rings is 1. The second-order valence-corrected chi connectivity index (χ2v) is 7.30. The maximum atomic E-state index is 6.19. The highest BCUT2D eigenvalue weighted by Crippen LogP contribution is 2.23. The highest BCUT2D eigenvalue weighted by atomic mass is 35.5. The second kappa shape index (κ2) is 8.78. The molecular weight excluding hydrogens is 388 g/mol. The molecule has 0 saturated carbocycles. The molecular formula is C22H17ClN4S. The highest BCUT2D eigenvalue weighted by Gasteiger charge is 2.08. The summed E-state index contributed by atoms with van der Waals surface area (Å²) in [5.41, 5.74) is 3.86. The average Bonchev–Trinajstić information content (AvgIpc) is 3.15. The summed E-state index contributed by atoms with van der Waals surface area (Å²) in [6.07, 6.45) is 3.49. The first kappa shape index (κ1) is 18.3. The summed E-state index contributed by atoms with van der Waals surface area (Å²) in [5, 5.41) is 7.39. The van der Waals surface area contributed by atoms with Crippen molar-refractivity contribution < 1.29 is 0 Å². The molecule has 0 atom stereocenters. The van der Waals surface area contributed by atoms with E-state index in [2.05, 4.69) is 22.2 Å². The lowest BCUT2D eigenvalue weighted by Gasteiger charge is -2.04. The van der Waals surface area contributed by atoms with E-state index in [0.717, 1.165) is 27.3 Å². The van der Waals surface area contributed by atoms with Crippen molar-refractivity contribution in [1.29, 1.82) is 0 Å². The number of benzene rings is 2. The van der Waals surface area contributed by atoms with Gasteiger partial charge in [0.2, 0.25) is 4.80 Å². The lowest BCUT2D eigenvalue weighted by Crippen LogP contribution is -2.12. The molecule has 0 aliphatic carbocycles. The number of hydrogen-bond acceptors (Lipinski definition) is 4. The first-order valence-electron chi connectivity index (χ1n) is 8.76. The van der Waals surface area contributed by atoms with Gasteiger partial charge >= 0.3 is 0 Å². The number of halogens is 1. The molecule has 0 fully saturated rings. The number of pyridine rings is 1. The third-order valence-electron chi connectivity index (χ3n) is 4.04. The number of nitrogens with zero attached hydrogens (tertiary/aromatic N) is 4. The molecule has 4 aromatic rings. The number of hydrogen-bond donors (Lipinski definition) is 0. The normalized spacial score (nSPS) is 12.0. The topological polar surface area (TPSA) is 42.5 Å². The van der Waals surface area contributed by atoms with Crippen LogP contribution < -0.4 is 4.80 Å². The molecule has 0 unspecified atom stereocenters. The molecule has 2 aromatic heterocycles. The molecule has 4 nitrogen and oxygen atoms in total. The van der Waals surface area contributed by atoms with Crippen LogP contribution in [-0.2, 0) is 6.54 Å². The van der Waals surface area contributed by atoms with Gasteiger partial charge in [-0.1, -0.05) is 60.1 Å². The van der Waals surface area contributed by atoms with E-state index in [4.69, 9.17) is 16.6 Å². The Balaban J connectivity index is 1.76. The van der Waals surface area contributed by atoms with Crippen molar-refractivity contribution >= 4 is 29.2 Å². The van der Waals surface area contributed by atoms with Crippen LogP contribution in [0.5, 0.6) is 0 Å². The van der Waals surface area contributed by atoms with Gasteiger partial charge in [-0.15, -0.1) is 11.3 Å². The minimum atomic E-state index is 0.593. The Bertz CT molecular complexity index is 1150. The van der Waals surface area contributed by atoms with E-state index in [-0.39, 0.29) is 0 Å². The standard InChI is InChI=1S/C22H17ClN4S/c23-19-10-6-9-18(13-19)21-16-28-22(25-14-17-7-2-1-3-8-17)27(21)26-15-20-11-4-5-12-24-20/h1-13,15-16H,14H2. The zero-order chi connectivity index (χ0) is 19.2. The van der Waals surface area contributed by atoms with Crippen LogP contribution in [0, 0.1) is 0 Å². The summed E-state index contributed by atoms with van der Waals surface area (Å²) >= 11 is 7.74. The maximum Gasteiger partial charge on any atom is 0.206 e. The van der Waals surface area contributed by atoms with E-state index in [9.17, 15) is 0 Å². The summed E-state index contributed by atoms with van der Waals surface area (Å²) in [6, 6.07) is 23.6. The summed E-state index contributed by atoms with van der Waals surface area (Å²) in [7, 11) is 0. The van der Waals surface area contributed by atoms with Crippen LogP contribution >= 0.6 is 22.9 Å². The van der Waals surface area contributed by atoms with E-state index in [1.54, 1.807) is 23.7 Å². The van der Waals surface area contributed by atoms with Crippen LogP contribution in [0.25, 0.3) is 11.3 Å². The van der Waals surface area contributed by atoms with Crippen molar-refractivity contribution in [3.63, 3.8) is 0 Å². The largest absolute Gasteiger partial charge is 0.255 e. The summed E-state index contributed by atoms with van der Waals surface area (Å²) in [5.74, 6) is 0. The monoisotopic (exact) mass is 404 g/mol. The van der Waals surface area contributed by atoms with Crippen molar-refractivity contribution in [3.05, 3.63) is 105 Å². The van der Waals surface area contributed by atoms with Crippen LogP contribution in [-0.4, -0.2) is 15.9 Å². The second-order valence-electron chi connectivity index (χ2n) is 6.03. The molecule has 0 saturated heterocycles. The van der Waals surface area contributed by atoms with Gasteiger partial charge < -0.3 is 0 Å². The molecule has 138 valence electrons. The van der Waals surface area contributed by atoms with Crippen molar-refractivity contribution in [1.82, 2.24) is 9.66 Å². The first-order valence-corrected chi connectivity index (χ1v) is 10.0. The molecule has 0 bridgehead atoms. The van der Waals surface area contributed by atoms with Crippen LogP contribution in [0.1, 0.15) is 11.3 Å². The van der Waals surface area contributed by atoms with Gasteiger partial charge in [0.15, 0.2) is 0 Å². The quantitative estimate of drug-likeness (QED) is 0.419. The Hall–Kier alpha value is -3.02. The Labute approximate surface area is 172 Å². The van der Waals surface area contributed by atoms with Crippen molar-refractivity contribution in [2.24, 2.45) is 10.1 Å². The fraction of sp³-hybridized carbons (Fsp3) is 0.0455. The van der Waals surface area contributed by atoms with Crippen molar-refractivity contribution in [2.45, 2.75) is 6.54 Å². The zero-order valence-electron chi connectivity index (χ0n) is 14.9. The Morgan fingerprint density at radius 2 is 1.86 bits per heavy atom. The van der Waals surface area contributed by atoms with Crippen molar-refractivity contribution in [2.75, 3.05) is 0 Å². The van der Waals surface area contributed by atoms with Crippen LogP contribution in [0.2, 0.25) is 5.02 Å². The molecule has 2 aromatic carbocycles.